The molecule has 1 aromatic carbocycles. The van der Waals surface area contributed by atoms with Crippen molar-refractivity contribution in [3.63, 3.8) is 0 Å². The SMILES string of the molecule is CC1(C)Oc2ccc(C3CCCC3)cc2[C@H](O)[C@H]1Br. The van der Waals surface area contributed by atoms with E-state index in [0.29, 0.717) is 5.92 Å². The molecule has 1 aliphatic carbocycles. The van der Waals surface area contributed by atoms with Gasteiger partial charge in [-0.15, -0.1) is 0 Å². The van der Waals surface area contributed by atoms with Gasteiger partial charge in [-0.3, -0.25) is 0 Å². The van der Waals surface area contributed by atoms with E-state index in [0.717, 1.165) is 11.3 Å². The van der Waals surface area contributed by atoms with E-state index in [2.05, 4.69) is 28.1 Å². The molecule has 0 amide bonds. The summed E-state index contributed by atoms with van der Waals surface area (Å²) in [7, 11) is 0. The molecule has 3 rings (SSSR count). The lowest BCUT2D eigenvalue weighted by atomic mass is 9.88. The van der Waals surface area contributed by atoms with E-state index < -0.39 is 6.10 Å². The summed E-state index contributed by atoms with van der Waals surface area (Å²) in [6.07, 6.45) is 4.71. The average molecular weight is 325 g/mol. The number of aliphatic hydroxyl groups excluding tert-OH is 1. The Bertz CT molecular complexity index is 478. The molecular formula is C16H21BrO2. The van der Waals surface area contributed by atoms with E-state index >= 15 is 0 Å². The number of rotatable bonds is 1. The zero-order chi connectivity index (χ0) is 13.6. The van der Waals surface area contributed by atoms with E-state index in [1.807, 2.05) is 19.9 Å². The third-order valence-electron chi connectivity index (χ3n) is 4.49. The van der Waals surface area contributed by atoms with Crippen LogP contribution in [0.1, 0.15) is 62.7 Å². The van der Waals surface area contributed by atoms with Crippen LogP contribution in [0.3, 0.4) is 0 Å². The summed E-state index contributed by atoms with van der Waals surface area (Å²) in [5.74, 6) is 1.50. The average Bonchev–Trinajstić information content (AvgIpc) is 2.89. The highest BCUT2D eigenvalue weighted by Crippen LogP contribution is 2.45. The molecule has 1 fully saturated rings. The van der Waals surface area contributed by atoms with Crippen molar-refractivity contribution in [3.05, 3.63) is 29.3 Å². The first kappa shape index (κ1) is 13.4. The molecule has 1 aromatic rings. The molecule has 1 saturated carbocycles. The fourth-order valence-corrected chi connectivity index (χ4v) is 3.66. The Hall–Kier alpha value is -0.540. The molecular weight excluding hydrogens is 304 g/mol. The van der Waals surface area contributed by atoms with Gasteiger partial charge in [0.05, 0.1) is 10.9 Å². The summed E-state index contributed by atoms with van der Waals surface area (Å²) in [4.78, 5) is -0.0775. The first-order chi connectivity index (χ1) is 8.99. The maximum absolute atomic E-state index is 10.5. The third-order valence-corrected chi connectivity index (χ3v) is 6.10. The Morgan fingerprint density at radius 2 is 1.95 bits per heavy atom. The van der Waals surface area contributed by atoms with Crippen LogP contribution in [0.15, 0.2) is 18.2 Å². The van der Waals surface area contributed by atoms with Gasteiger partial charge < -0.3 is 9.84 Å². The van der Waals surface area contributed by atoms with Crippen LogP contribution in [-0.2, 0) is 0 Å². The minimum Gasteiger partial charge on any atom is -0.486 e. The summed E-state index contributed by atoms with van der Waals surface area (Å²) >= 11 is 3.58. The van der Waals surface area contributed by atoms with Crippen LogP contribution in [-0.4, -0.2) is 15.5 Å². The molecule has 0 saturated heterocycles. The molecule has 104 valence electrons. The second kappa shape index (κ2) is 4.78. The molecule has 19 heavy (non-hydrogen) atoms. The highest BCUT2D eigenvalue weighted by atomic mass is 79.9. The van der Waals surface area contributed by atoms with Gasteiger partial charge in [-0.25, -0.2) is 0 Å². The first-order valence-electron chi connectivity index (χ1n) is 7.14. The van der Waals surface area contributed by atoms with Crippen LogP contribution in [0.5, 0.6) is 5.75 Å². The van der Waals surface area contributed by atoms with Gasteiger partial charge in [-0.2, -0.15) is 0 Å². The molecule has 1 heterocycles. The number of benzene rings is 1. The van der Waals surface area contributed by atoms with Crippen molar-refractivity contribution in [2.75, 3.05) is 0 Å². The lowest BCUT2D eigenvalue weighted by Crippen LogP contribution is -2.45. The number of hydrogen-bond donors (Lipinski definition) is 1. The summed E-state index contributed by atoms with van der Waals surface area (Å²) in [5, 5.41) is 10.5. The lowest BCUT2D eigenvalue weighted by molar-refractivity contribution is 0.0225. The monoisotopic (exact) mass is 324 g/mol. The van der Waals surface area contributed by atoms with Crippen LogP contribution < -0.4 is 4.74 Å². The van der Waals surface area contributed by atoms with Crippen molar-refractivity contribution >= 4 is 15.9 Å². The van der Waals surface area contributed by atoms with Crippen molar-refractivity contribution in [1.29, 1.82) is 0 Å². The van der Waals surface area contributed by atoms with Crippen LogP contribution in [0.25, 0.3) is 0 Å². The van der Waals surface area contributed by atoms with Crippen LogP contribution in [0.2, 0.25) is 0 Å². The van der Waals surface area contributed by atoms with Gasteiger partial charge in [-0.1, -0.05) is 34.8 Å². The molecule has 2 nitrogen and oxygen atoms in total. The highest BCUT2D eigenvalue weighted by Gasteiger charge is 2.41. The third kappa shape index (κ3) is 2.31. The Morgan fingerprint density at radius 3 is 2.63 bits per heavy atom. The van der Waals surface area contributed by atoms with Crippen molar-refractivity contribution in [2.24, 2.45) is 0 Å². The Balaban J connectivity index is 1.97. The molecule has 3 heteroatoms. The largest absolute Gasteiger partial charge is 0.486 e. The standard InChI is InChI=1S/C16H21BrO2/c1-16(2)15(17)14(18)12-9-11(7-8-13(12)19-16)10-5-3-4-6-10/h7-10,14-15,18H,3-6H2,1-2H3/t14-,15+/m0/s1. The van der Waals surface area contributed by atoms with Gasteiger partial charge in [0.15, 0.2) is 0 Å². The van der Waals surface area contributed by atoms with Gasteiger partial charge in [-0.05, 0) is 50.3 Å². The molecule has 0 aromatic heterocycles. The first-order valence-corrected chi connectivity index (χ1v) is 8.05. The Morgan fingerprint density at radius 1 is 1.26 bits per heavy atom. The quantitative estimate of drug-likeness (QED) is 0.780. The van der Waals surface area contributed by atoms with E-state index in [1.54, 1.807) is 0 Å². The number of aliphatic hydroxyl groups is 1. The molecule has 1 aliphatic heterocycles. The van der Waals surface area contributed by atoms with Crippen molar-refractivity contribution in [1.82, 2.24) is 0 Å². The van der Waals surface area contributed by atoms with E-state index in [9.17, 15) is 5.11 Å². The second-order valence-corrected chi connectivity index (χ2v) is 7.32. The smallest absolute Gasteiger partial charge is 0.126 e. The maximum atomic E-state index is 10.5. The van der Waals surface area contributed by atoms with Crippen molar-refractivity contribution in [2.45, 2.75) is 62.0 Å². The molecule has 2 aliphatic rings. The number of ether oxygens (including phenoxy) is 1. The van der Waals surface area contributed by atoms with Gasteiger partial charge in [0, 0.05) is 5.56 Å². The second-order valence-electron chi connectivity index (χ2n) is 6.33. The Kier molecular flexibility index (Phi) is 3.38. The van der Waals surface area contributed by atoms with Gasteiger partial charge in [0.1, 0.15) is 11.4 Å². The van der Waals surface area contributed by atoms with Gasteiger partial charge in [0.2, 0.25) is 0 Å². The van der Waals surface area contributed by atoms with Crippen LogP contribution >= 0.6 is 15.9 Å². The molecule has 0 unspecified atom stereocenters. The fourth-order valence-electron chi connectivity index (χ4n) is 3.28. The number of fused-ring (bicyclic) bond motifs is 1. The maximum Gasteiger partial charge on any atom is 0.126 e. The summed E-state index contributed by atoms with van der Waals surface area (Å²) in [6, 6.07) is 6.36. The summed E-state index contributed by atoms with van der Waals surface area (Å²) in [5.41, 5.74) is 1.91. The summed E-state index contributed by atoms with van der Waals surface area (Å²) < 4.78 is 6.01. The van der Waals surface area contributed by atoms with Gasteiger partial charge >= 0.3 is 0 Å². The predicted octanol–water partition coefficient (Wildman–Crippen LogP) is 4.31. The highest BCUT2D eigenvalue weighted by molar-refractivity contribution is 9.09. The minimum atomic E-state index is -0.500. The van der Waals surface area contributed by atoms with Crippen LogP contribution in [0, 0.1) is 0 Å². The van der Waals surface area contributed by atoms with E-state index in [1.165, 1.54) is 31.2 Å². The number of halogens is 1. The zero-order valence-electron chi connectivity index (χ0n) is 11.5. The number of hydrogen-bond acceptors (Lipinski definition) is 2. The fraction of sp³-hybridized carbons (Fsp3) is 0.625. The molecule has 0 bridgehead atoms. The predicted molar refractivity (Wildman–Crippen MR) is 80.0 cm³/mol. The molecule has 0 spiro atoms. The minimum absolute atomic E-state index is 0.0775. The lowest BCUT2D eigenvalue weighted by Gasteiger charge is -2.40. The molecule has 1 N–H and O–H groups in total. The van der Waals surface area contributed by atoms with Crippen LogP contribution in [0.4, 0.5) is 0 Å². The van der Waals surface area contributed by atoms with E-state index in [4.69, 9.17) is 4.74 Å². The molecule has 0 radical (unpaired) electrons. The molecule has 2 atom stereocenters. The topological polar surface area (TPSA) is 29.5 Å². The number of alkyl halides is 1. The Labute approximate surface area is 123 Å². The zero-order valence-corrected chi connectivity index (χ0v) is 13.1. The summed E-state index contributed by atoms with van der Waals surface area (Å²) in [6.45, 7) is 4.01. The van der Waals surface area contributed by atoms with Gasteiger partial charge in [0.25, 0.3) is 0 Å². The van der Waals surface area contributed by atoms with E-state index in [-0.39, 0.29) is 10.4 Å². The normalized spacial score (nSPS) is 29.9. The van der Waals surface area contributed by atoms with Crippen molar-refractivity contribution in [3.8, 4) is 5.75 Å². The van der Waals surface area contributed by atoms with Crippen molar-refractivity contribution < 1.29 is 9.84 Å².